The van der Waals surface area contributed by atoms with Crippen molar-refractivity contribution < 1.29 is 8.42 Å². The third kappa shape index (κ3) is 4.47. The van der Waals surface area contributed by atoms with Crippen LogP contribution in [-0.4, -0.2) is 8.42 Å². The number of nitrogens with one attached hydrogen (secondary N) is 1. The predicted molar refractivity (Wildman–Crippen MR) is 111 cm³/mol. The molecule has 0 fully saturated rings. The minimum atomic E-state index is -3.67. The number of aryl methyl sites for hydroxylation is 1. The van der Waals surface area contributed by atoms with Gasteiger partial charge in [0.2, 0.25) is 0 Å². The van der Waals surface area contributed by atoms with Gasteiger partial charge in [0.25, 0.3) is 10.0 Å². The van der Waals surface area contributed by atoms with Crippen LogP contribution in [-0.2, 0) is 10.0 Å². The Bertz CT molecular complexity index is 835. The van der Waals surface area contributed by atoms with Gasteiger partial charge in [0.15, 0.2) is 0 Å². The van der Waals surface area contributed by atoms with Crippen molar-refractivity contribution >= 4 is 15.7 Å². The fourth-order valence-electron chi connectivity index (χ4n) is 3.03. The summed E-state index contributed by atoms with van der Waals surface area (Å²) in [4.78, 5) is 0.437. The predicted octanol–water partition coefficient (Wildman–Crippen LogP) is 6.17. The van der Waals surface area contributed by atoms with Crippen molar-refractivity contribution in [3.63, 3.8) is 0 Å². The molecule has 0 heterocycles. The summed E-state index contributed by atoms with van der Waals surface area (Å²) in [6, 6.07) is 11.5. The van der Waals surface area contributed by atoms with Gasteiger partial charge in [-0.05, 0) is 53.5 Å². The van der Waals surface area contributed by atoms with Crippen molar-refractivity contribution in [3.05, 3.63) is 58.7 Å². The molecule has 0 aromatic heterocycles. The molecule has 0 bridgehead atoms. The largest absolute Gasteiger partial charge is 0.280 e. The maximum Gasteiger partial charge on any atom is 0.262 e. The maximum absolute atomic E-state index is 13.3. The molecule has 0 saturated heterocycles. The molecule has 0 aliphatic carbocycles. The number of sulfonamides is 1. The molecule has 0 radical (unpaired) electrons. The molecule has 0 unspecified atom stereocenters. The Morgan fingerprint density at radius 2 is 1.23 bits per heavy atom. The molecular weight excluding hydrogens is 342 g/mol. The Morgan fingerprint density at radius 1 is 0.769 bits per heavy atom. The zero-order chi connectivity index (χ0) is 19.6. The summed E-state index contributed by atoms with van der Waals surface area (Å²) in [6.45, 7) is 14.5. The third-order valence-electron chi connectivity index (χ3n) is 4.65. The number of anilines is 1. The van der Waals surface area contributed by atoms with E-state index in [1.165, 1.54) is 5.56 Å². The van der Waals surface area contributed by atoms with E-state index < -0.39 is 10.0 Å². The topological polar surface area (TPSA) is 46.2 Å². The van der Waals surface area contributed by atoms with Crippen LogP contribution in [0.2, 0.25) is 0 Å². The zero-order valence-corrected chi connectivity index (χ0v) is 17.7. The SMILES string of the molecule is Cc1ccc(NS(=O)(=O)c2c(C(C)C)cc(C(C)C)cc2C(C)C)cc1. The van der Waals surface area contributed by atoms with Crippen LogP contribution in [0.25, 0.3) is 0 Å². The van der Waals surface area contributed by atoms with E-state index in [9.17, 15) is 8.42 Å². The molecule has 2 rings (SSSR count). The van der Waals surface area contributed by atoms with Crippen molar-refractivity contribution in [2.24, 2.45) is 0 Å². The lowest BCUT2D eigenvalue weighted by atomic mass is 9.89. The first-order valence-corrected chi connectivity index (χ1v) is 10.8. The molecule has 0 spiro atoms. The van der Waals surface area contributed by atoms with Gasteiger partial charge in [0.05, 0.1) is 4.90 Å². The highest BCUT2D eigenvalue weighted by Crippen LogP contribution is 2.35. The van der Waals surface area contributed by atoms with Crippen molar-refractivity contribution in [2.45, 2.75) is 71.1 Å². The van der Waals surface area contributed by atoms with E-state index >= 15 is 0 Å². The van der Waals surface area contributed by atoms with Gasteiger partial charge in [-0.2, -0.15) is 0 Å². The second kappa shape index (κ2) is 7.83. The first-order valence-electron chi connectivity index (χ1n) is 9.30. The Morgan fingerprint density at radius 3 is 1.62 bits per heavy atom. The van der Waals surface area contributed by atoms with Gasteiger partial charge in [-0.15, -0.1) is 0 Å². The van der Waals surface area contributed by atoms with Crippen molar-refractivity contribution in [2.75, 3.05) is 4.72 Å². The monoisotopic (exact) mass is 373 g/mol. The summed E-state index contributed by atoms with van der Waals surface area (Å²) in [6.07, 6.45) is 0. The van der Waals surface area contributed by atoms with Crippen LogP contribution in [0.5, 0.6) is 0 Å². The molecule has 2 aromatic carbocycles. The summed E-state index contributed by atoms with van der Waals surface area (Å²) < 4.78 is 29.4. The number of rotatable bonds is 6. The van der Waals surface area contributed by atoms with Crippen LogP contribution in [0.15, 0.2) is 41.3 Å². The van der Waals surface area contributed by atoms with E-state index in [1.54, 1.807) is 12.1 Å². The van der Waals surface area contributed by atoms with Gasteiger partial charge in [0.1, 0.15) is 0 Å². The normalized spacial score (nSPS) is 12.2. The maximum atomic E-state index is 13.3. The molecule has 26 heavy (non-hydrogen) atoms. The number of hydrogen-bond acceptors (Lipinski definition) is 2. The fraction of sp³-hybridized carbons (Fsp3) is 0.455. The summed E-state index contributed by atoms with van der Waals surface area (Å²) in [5, 5.41) is 0. The number of benzene rings is 2. The fourth-order valence-corrected chi connectivity index (χ4v) is 4.79. The average molecular weight is 374 g/mol. The van der Waals surface area contributed by atoms with Gasteiger partial charge < -0.3 is 0 Å². The highest BCUT2D eigenvalue weighted by atomic mass is 32.2. The van der Waals surface area contributed by atoms with Gasteiger partial charge in [-0.3, -0.25) is 4.72 Å². The highest BCUT2D eigenvalue weighted by molar-refractivity contribution is 7.92. The molecule has 0 atom stereocenters. The second-order valence-corrected chi connectivity index (χ2v) is 9.58. The summed E-state index contributed by atoms with van der Waals surface area (Å²) in [5.41, 5.74) is 4.65. The van der Waals surface area contributed by atoms with E-state index in [2.05, 4.69) is 58.4 Å². The minimum Gasteiger partial charge on any atom is -0.280 e. The zero-order valence-electron chi connectivity index (χ0n) is 16.9. The van der Waals surface area contributed by atoms with Crippen LogP contribution in [0.3, 0.4) is 0 Å². The summed E-state index contributed by atoms with van der Waals surface area (Å²) in [5.74, 6) is 0.596. The lowest BCUT2D eigenvalue weighted by Gasteiger charge is -2.23. The van der Waals surface area contributed by atoms with Gasteiger partial charge in [0, 0.05) is 5.69 Å². The Hall–Kier alpha value is -1.81. The molecule has 0 saturated carbocycles. The van der Waals surface area contributed by atoms with Gasteiger partial charge in [-0.25, -0.2) is 8.42 Å². The third-order valence-corrected chi connectivity index (χ3v) is 6.17. The van der Waals surface area contributed by atoms with Gasteiger partial charge in [-0.1, -0.05) is 71.4 Å². The molecule has 0 aliphatic heterocycles. The highest BCUT2D eigenvalue weighted by Gasteiger charge is 2.27. The summed E-state index contributed by atoms with van der Waals surface area (Å²) in [7, 11) is -3.67. The van der Waals surface area contributed by atoms with Crippen LogP contribution in [0, 0.1) is 6.92 Å². The van der Waals surface area contributed by atoms with Crippen LogP contribution in [0.1, 0.15) is 81.5 Å². The van der Waals surface area contributed by atoms with E-state index in [1.807, 2.05) is 19.1 Å². The second-order valence-electron chi connectivity index (χ2n) is 7.96. The lowest BCUT2D eigenvalue weighted by Crippen LogP contribution is -2.19. The average Bonchev–Trinajstić information content (AvgIpc) is 2.55. The summed E-state index contributed by atoms with van der Waals surface area (Å²) >= 11 is 0. The van der Waals surface area contributed by atoms with Crippen molar-refractivity contribution in [3.8, 4) is 0 Å². The van der Waals surface area contributed by atoms with Crippen molar-refractivity contribution in [1.82, 2.24) is 0 Å². The van der Waals surface area contributed by atoms with Crippen LogP contribution in [0.4, 0.5) is 5.69 Å². The molecule has 142 valence electrons. The van der Waals surface area contributed by atoms with Gasteiger partial charge >= 0.3 is 0 Å². The number of hydrogen-bond donors (Lipinski definition) is 1. The molecule has 0 aliphatic rings. The molecule has 2 aromatic rings. The molecule has 0 amide bonds. The minimum absolute atomic E-state index is 0.121. The van der Waals surface area contributed by atoms with E-state index in [4.69, 9.17) is 0 Å². The quantitative estimate of drug-likeness (QED) is 0.658. The van der Waals surface area contributed by atoms with Crippen LogP contribution >= 0.6 is 0 Å². The van der Waals surface area contributed by atoms with E-state index in [-0.39, 0.29) is 11.8 Å². The van der Waals surface area contributed by atoms with Crippen molar-refractivity contribution in [1.29, 1.82) is 0 Å². The smallest absolute Gasteiger partial charge is 0.262 e. The first kappa shape index (κ1) is 20.5. The molecular formula is C22H31NO2S. The van der Waals surface area contributed by atoms with E-state index in [0.717, 1.165) is 16.7 Å². The standard InChI is InChI=1S/C22H31NO2S/c1-14(2)18-12-20(15(3)4)22(21(13-18)16(5)6)26(24,25)23-19-10-8-17(7)9-11-19/h8-16,23H,1-7H3. The van der Waals surface area contributed by atoms with Crippen LogP contribution < -0.4 is 4.72 Å². The Kier molecular flexibility index (Phi) is 6.17. The lowest BCUT2D eigenvalue weighted by molar-refractivity contribution is 0.595. The molecule has 3 nitrogen and oxygen atoms in total. The molecule has 4 heteroatoms. The Balaban J connectivity index is 2.66. The van der Waals surface area contributed by atoms with E-state index in [0.29, 0.717) is 16.5 Å². The first-order chi connectivity index (χ1) is 12.0. The molecule has 1 N–H and O–H groups in total. The Labute approximate surface area is 158 Å².